The number of carboxylic acid groups (broad SMARTS) is 1. The van der Waals surface area contributed by atoms with E-state index in [4.69, 9.17) is 11.5 Å². The fraction of sp³-hybridized carbons (Fsp3) is 0.900. The minimum Gasteiger partial charge on any atom is -0.481 e. The zero-order valence-electron chi connectivity index (χ0n) is 17.9. The van der Waals surface area contributed by atoms with Gasteiger partial charge < -0.3 is 26.8 Å². The summed E-state index contributed by atoms with van der Waals surface area (Å²) in [6.45, 7) is 3.97. The van der Waals surface area contributed by atoms with Crippen LogP contribution in [0.3, 0.4) is 0 Å². The van der Waals surface area contributed by atoms with Gasteiger partial charge in [-0.2, -0.15) is 0 Å². The number of nitrogens with two attached hydrogens (primary N) is 2. The van der Waals surface area contributed by atoms with Gasteiger partial charge in [-0.05, 0) is 37.6 Å². The van der Waals surface area contributed by atoms with Gasteiger partial charge in [0, 0.05) is 6.16 Å². The average molecular weight is 434 g/mol. The van der Waals surface area contributed by atoms with Crippen molar-refractivity contribution in [2.75, 3.05) is 12.7 Å². The minimum absolute atomic E-state index is 0.255. The zero-order chi connectivity index (χ0) is 22.0. The summed E-state index contributed by atoms with van der Waals surface area (Å²) >= 11 is 0. The van der Waals surface area contributed by atoms with Gasteiger partial charge in [0.2, 0.25) is 13.3 Å². The molecule has 0 aliphatic heterocycles. The van der Waals surface area contributed by atoms with Crippen molar-refractivity contribution in [1.29, 1.82) is 0 Å². The second kappa shape index (κ2) is 12.7. The van der Waals surface area contributed by atoms with Crippen molar-refractivity contribution in [2.24, 2.45) is 29.2 Å². The molecular formula is C20H40N3O5P. The molecule has 4 atom stereocenters. The Bertz CT molecular complexity index is 566. The standard InChI is InChI=1S/C20H40N3O5P/c1-14(2)16(20(25)26)13-29(27,28)18(12-15-8-4-3-5-9-15)23-19(24)17(22)10-6-7-11-21/h14-18H,3-13,21-22H2,1-2H3,(H,23,24)(H,25,26)(H,27,28). The lowest BCUT2D eigenvalue weighted by Gasteiger charge is -2.32. The first-order valence-corrected chi connectivity index (χ1v) is 12.8. The van der Waals surface area contributed by atoms with E-state index in [1.54, 1.807) is 13.8 Å². The van der Waals surface area contributed by atoms with Crippen molar-refractivity contribution in [2.45, 2.75) is 83.5 Å². The predicted octanol–water partition coefficient (Wildman–Crippen LogP) is 2.48. The van der Waals surface area contributed by atoms with Gasteiger partial charge >= 0.3 is 5.97 Å². The summed E-state index contributed by atoms with van der Waals surface area (Å²) in [6.07, 6.45) is 7.20. The maximum atomic E-state index is 13.2. The molecule has 0 spiro atoms. The van der Waals surface area contributed by atoms with Crippen molar-refractivity contribution >= 4 is 19.2 Å². The number of nitrogens with one attached hydrogen (secondary N) is 1. The number of unbranched alkanes of at least 4 members (excludes halogenated alkanes) is 1. The van der Waals surface area contributed by atoms with Crippen LogP contribution in [-0.2, 0) is 14.2 Å². The Balaban J connectivity index is 2.91. The molecule has 7 N–H and O–H groups in total. The van der Waals surface area contributed by atoms with Crippen LogP contribution in [0.5, 0.6) is 0 Å². The smallest absolute Gasteiger partial charge is 0.307 e. The van der Waals surface area contributed by atoms with Crippen LogP contribution in [0.2, 0.25) is 0 Å². The number of carboxylic acids is 1. The normalized spacial score (nSPS) is 20.6. The molecule has 0 aromatic rings. The molecule has 0 aromatic heterocycles. The van der Waals surface area contributed by atoms with Crippen LogP contribution in [0, 0.1) is 17.8 Å². The van der Waals surface area contributed by atoms with E-state index >= 15 is 0 Å². The third-order valence-electron chi connectivity index (χ3n) is 5.96. The molecule has 1 aliphatic rings. The molecule has 29 heavy (non-hydrogen) atoms. The van der Waals surface area contributed by atoms with Gasteiger partial charge in [0.15, 0.2) is 0 Å². The van der Waals surface area contributed by atoms with Gasteiger partial charge in [-0.1, -0.05) is 52.4 Å². The van der Waals surface area contributed by atoms with E-state index in [0.717, 1.165) is 38.5 Å². The highest BCUT2D eigenvalue weighted by molar-refractivity contribution is 7.58. The van der Waals surface area contributed by atoms with Crippen molar-refractivity contribution in [3.63, 3.8) is 0 Å². The first kappa shape index (κ1) is 26.1. The summed E-state index contributed by atoms with van der Waals surface area (Å²) in [5.41, 5.74) is 11.4. The Kier molecular flexibility index (Phi) is 11.4. The SMILES string of the molecule is CC(C)C(CP(=O)(O)C(CC1CCCCC1)NC(=O)C(N)CCCCN)C(=O)O. The number of aliphatic carboxylic acids is 1. The summed E-state index contributed by atoms with van der Waals surface area (Å²) in [6, 6.07) is -0.768. The summed E-state index contributed by atoms with van der Waals surface area (Å²) in [5, 5.41) is 12.2. The molecule has 0 bridgehead atoms. The third-order valence-corrected chi connectivity index (χ3v) is 8.19. The van der Waals surface area contributed by atoms with Crippen LogP contribution in [0.1, 0.15) is 71.6 Å². The maximum absolute atomic E-state index is 13.2. The summed E-state index contributed by atoms with van der Waals surface area (Å²) < 4.78 is 13.2. The molecule has 170 valence electrons. The molecule has 0 aromatic carbocycles. The lowest BCUT2D eigenvalue weighted by Crippen LogP contribution is -2.46. The fourth-order valence-electron chi connectivity index (χ4n) is 3.96. The lowest BCUT2D eigenvalue weighted by atomic mass is 9.87. The van der Waals surface area contributed by atoms with E-state index < -0.39 is 37.0 Å². The Morgan fingerprint density at radius 2 is 1.79 bits per heavy atom. The van der Waals surface area contributed by atoms with Crippen molar-refractivity contribution in [1.82, 2.24) is 5.32 Å². The molecule has 1 saturated carbocycles. The second-order valence-corrected chi connectivity index (χ2v) is 11.3. The number of amides is 1. The van der Waals surface area contributed by atoms with Crippen LogP contribution in [-0.4, -0.2) is 46.4 Å². The van der Waals surface area contributed by atoms with E-state index in [2.05, 4.69) is 5.32 Å². The first-order chi connectivity index (χ1) is 13.6. The molecule has 0 heterocycles. The Hall–Kier alpha value is -0.950. The molecule has 1 rings (SSSR count). The van der Waals surface area contributed by atoms with E-state index in [9.17, 15) is 24.2 Å². The van der Waals surface area contributed by atoms with Crippen molar-refractivity contribution < 1.29 is 24.2 Å². The maximum Gasteiger partial charge on any atom is 0.307 e. The molecule has 1 amide bonds. The van der Waals surface area contributed by atoms with E-state index in [1.165, 1.54) is 0 Å². The zero-order valence-corrected chi connectivity index (χ0v) is 18.8. The number of hydrogen-bond donors (Lipinski definition) is 5. The van der Waals surface area contributed by atoms with E-state index in [1.807, 2.05) is 0 Å². The number of carbonyl (C=O) groups is 2. The topological polar surface area (TPSA) is 156 Å². The van der Waals surface area contributed by atoms with Crippen molar-refractivity contribution in [3.8, 4) is 0 Å². The highest BCUT2D eigenvalue weighted by Crippen LogP contribution is 2.51. The van der Waals surface area contributed by atoms with Crippen LogP contribution in [0.25, 0.3) is 0 Å². The molecule has 1 fully saturated rings. The van der Waals surface area contributed by atoms with Crippen LogP contribution in [0.4, 0.5) is 0 Å². The highest BCUT2D eigenvalue weighted by Gasteiger charge is 2.39. The highest BCUT2D eigenvalue weighted by atomic mass is 31.2. The molecule has 1 aliphatic carbocycles. The third kappa shape index (κ3) is 9.16. The van der Waals surface area contributed by atoms with Gasteiger partial charge in [-0.3, -0.25) is 14.2 Å². The van der Waals surface area contributed by atoms with E-state index in [0.29, 0.717) is 25.8 Å². The van der Waals surface area contributed by atoms with Gasteiger partial charge in [0.1, 0.15) is 5.78 Å². The monoisotopic (exact) mass is 433 g/mol. The summed E-state index contributed by atoms with van der Waals surface area (Å²) in [5.74, 6) is -3.46. The van der Waals surface area contributed by atoms with Gasteiger partial charge in [0.05, 0.1) is 12.0 Å². The summed E-state index contributed by atoms with van der Waals surface area (Å²) in [7, 11) is -3.95. The number of rotatable bonds is 13. The van der Waals surface area contributed by atoms with Crippen LogP contribution < -0.4 is 16.8 Å². The Labute approximate surface area is 174 Å². The quantitative estimate of drug-likeness (QED) is 0.221. The Morgan fingerprint density at radius 3 is 2.31 bits per heavy atom. The molecule has 0 radical (unpaired) electrons. The second-order valence-electron chi connectivity index (χ2n) is 8.78. The molecule has 4 unspecified atom stereocenters. The van der Waals surface area contributed by atoms with Gasteiger partial charge in [0.25, 0.3) is 0 Å². The number of carbonyl (C=O) groups excluding carboxylic acids is 1. The minimum atomic E-state index is -3.95. The van der Waals surface area contributed by atoms with E-state index in [-0.39, 0.29) is 18.0 Å². The molecule has 8 nitrogen and oxygen atoms in total. The molecule has 0 saturated heterocycles. The van der Waals surface area contributed by atoms with Gasteiger partial charge in [-0.25, -0.2) is 0 Å². The molecule has 9 heteroatoms. The Morgan fingerprint density at radius 1 is 1.17 bits per heavy atom. The largest absolute Gasteiger partial charge is 0.481 e. The number of hydrogen-bond acceptors (Lipinski definition) is 5. The summed E-state index contributed by atoms with van der Waals surface area (Å²) in [4.78, 5) is 35.0. The first-order valence-electron chi connectivity index (χ1n) is 10.9. The molecular weight excluding hydrogens is 393 g/mol. The van der Waals surface area contributed by atoms with Crippen LogP contribution >= 0.6 is 7.37 Å². The fourth-order valence-corrected chi connectivity index (χ4v) is 6.31. The average Bonchev–Trinajstić information content (AvgIpc) is 2.66. The van der Waals surface area contributed by atoms with Crippen LogP contribution in [0.15, 0.2) is 0 Å². The van der Waals surface area contributed by atoms with Crippen molar-refractivity contribution in [3.05, 3.63) is 0 Å². The van der Waals surface area contributed by atoms with Gasteiger partial charge in [-0.15, -0.1) is 0 Å². The lowest BCUT2D eigenvalue weighted by molar-refractivity contribution is -0.142. The predicted molar refractivity (Wildman–Crippen MR) is 115 cm³/mol.